The van der Waals surface area contributed by atoms with E-state index in [1.807, 2.05) is 42.5 Å². The molecule has 4 aromatic rings. The lowest BCUT2D eigenvalue weighted by molar-refractivity contribution is 0.0951. The quantitative estimate of drug-likeness (QED) is 0.481. The van der Waals surface area contributed by atoms with E-state index in [4.69, 9.17) is 9.97 Å². The summed E-state index contributed by atoms with van der Waals surface area (Å²) in [7, 11) is 0. The molecule has 1 aliphatic carbocycles. The Balaban J connectivity index is 1.35. The molecule has 0 saturated carbocycles. The monoisotopic (exact) mass is 434 g/mol. The smallest absolute Gasteiger partial charge is 0.252 e. The van der Waals surface area contributed by atoms with Crippen molar-refractivity contribution in [3.8, 4) is 0 Å². The summed E-state index contributed by atoms with van der Waals surface area (Å²) >= 11 is 0. The first kappa shape index (κ1) is 19.9. The largest absolute Gasteiger partial charge is 0.346 e. The topological polar surface area (TPSA) is 59.8 Å². The highest BCUT2D eigenvalue weighted by molar-refractivity contribution is 6.09. The van der Waals surface area contributed by atoms with Crippen LogP contribution in [0.5, 0.6) is 0 Å². The summed E-state index contributed by atoms with van der Waals surface area (Å²) in [5, 5.41) is 4.06. The van der Waals surface area contributed by atoms with Crippen LogP contribution in [0.4, 0.5) is 0 Å². The summed E-state index contributed by atoms with van der Waals surface area (Å²) in [6, 6.07) is 18.3. The van der Waals surface area contributed by atoms with Crippen LogP contribution in [0.3, 0.4) is 0 Å². The number of aromatic nitrogens is 3. The molecular weight excluding hydrogens is 408 g/mol. The molecule has 3 heterocycles. The Hall–Kier alpha value is -3.73. The van der Waals surface area contributed by atoms with Gasteiger partial charge in [0.05, 0.1) is 29.0 Å². The molecule has 0 saturated heterocycles. The normalized spacial score (nSPS) is 16.1. The van der Waals surface area contributed by atoms with Crippen molar-refractivity contribution in [2.45, 2.75) is 45.2 Å². The van der Waals surface area contributed by atoms with E-state index in [0.29, 0.717) is 6.54 Å². The van der Waals surface area contributed by atoms with Crippen molar-refractivity contribution in [3.05, 3.63) is 94.7 Å². The van der Waals surface area contributed by atoms with Crippen molar-refractivity contribution in [3.63, 3.8) is 0 Å². The number of aryl methyl sites for hydroxylation is 2. The summed E-state index contributed by atoms with van der Waals surface area (Å²) in [5.74, 6) is 1.09. The third-order valence-corrected chi connectivity index (χ3v) is 6.70. The third-order valence-electron chi connectivity index (χ3n) is 6.70. The third kappa shape index (κ3) is 3.74. The van der Waals surface area contributed by atoms with Crippen LogP contribution in [-0.4, -0.2) is 20.4 Å². The number of carbonyl (C=O) groups is 1. The zero-order valence-corrected chi connectivity index (χ0v) is 18.6. The minimum absolute atomic E-state index is 0.0446. The van der Waals surface area contributed by atoms with Crippen molar-refractivity contribution in [1.82, 2.24) is 19.9 Å². The number of carbonyl (C=O) groups excluding carboxylic acids is 1. The number of fused-ring (bicyclic) bond motifs is 3. The molecule has 0 bridgehead atoms. The lowest BCUT2D eigenvalue weighted by Crippen LogP contribution is -2.25. The first-order chi connectivity index (χ1) is 16.3. The minimum atomic E-state index is -0.0446. The molecule has 0 fully saturated rings. The van der Waals surface area contributed by atoms with Crippen LogP contribution in [0.25, 0.3) is 22.6 Å². The number of pyridine rings is 1. The van der Waals surface area contributed by atoms with E-state index in [1.54, 1.807) is 0 Å². The van der Waals surface area contributed by atoms with Gasteiger partial charge in [-0.2, -0.15) is 0 Å². The van der Waals surface area contributed by atoms with Crippen LogP contribution < -0.4 is 5.32 Å². The Labute approximate surface area is 193 Å². The SMILES string of the molecule is O=C(NCc1cn2c(n1)CCCC2)c1c2c(nc3ccccc13)/C(=C\c1ccccc1)CC2. The molecule has 2 aromatic heterocycles. The van der Waals surface area contributed by atoms with Gasteiger partial charge in [0, 0.05) is 24.5 Å². The number of nitrogens with zero attached hydrogens (tertiary/aromatic N) is 3. The fraction of sp³-hybridized carbons (Fsp3) is 0.250. The molecule has 33 heavy (non-hydrogen) atoms. The van der Waals surface area contributed by atoms with E-state index in [9.17, 15) is 4.79 Å². The van der Waals surface area contributed by atoms with E-state index in [-0.39, 0.29) is 5.91 Å². The Bertz CT molecular complexity index is 1360. The number of hydrogen-bond acceptors (Lipinski definition) is 3. The molecular formula is C28H26N4O. The number of amides is 1. The Morgan fingerprint density at radius 1 is 0.970 bits per heavy atom. The maximum absolute atomic E-state index is 13.5. The fourth-order valence-electron chi connectivity index (χ4n) is 5.10. The summed E-state index contributed by atoms with van der Waals surface area (Å²) in [5.41, 5.74) is 6.91. The number of allylic oxidation sites excluding steroid dienone is 1. The molecule has 1 N–H and O–H groups in total. The second-order valence-corrected chi connectivity index (χ2v) is 8.89. The van der Waals surface area contributed by atoms with Gasteiger partial charge in [-0.25, -0.2) is 9.97 Å². The van der Waals surface area contributed by atoms with E-state index in [0.717, 1.165) is 70.6 Å². The van der Waals surface area contributed by atoms with E-state index in [1.165, 1.54) is 18.4 Å². The number of para-hydroxylation sites is 1. The van der Waals surface area contributed by atoms with Gasteiger partial charge in [0.25, 0.3) is 5.91 Å². The Kier molecular flexibility index (Phi) is 5.02. The zero-order valence-electron chi connectivity index (χ0n) is 18.6. The van der Waals surface area contributed by atoms with Crippen LogP contribution in [-0.2, 0) is 25.9 Å². The number of imidazole rings is 1. The first-order valence-electron chi connectivity index (χ1n) is 11.8. The summed E-state index contributed by atoms with van der Waals surface area (Å²) in [6.45, 7) is 1.46. The van der Waals surface area contributed by atoms with Crippen LogP contribution in [0.15, 0.2) is 60.8 Å². The molecule has 0 atom stereocenters. The second kappa shape index (κ2) is 8.32. The summed E-state index contributed by atoms with van der Waals surface area (Å²) < 4.78 is 2.23. The van der Waals surface area contributed by atoms with Crippen LogP contribution >= 0.6 is 0 Å². The molecule has 164 valence electrons. The van der Waals surface area contributed by atoms with Gasteiger partial charge in [-0.1, -0.05) is 48.5 Å². The molecule has 0 unspecified atom stereocenters. The average Bonchev–Trinajstić information content (AvgIpc) is 3.45. The first-order valence-corrected chi connectivity index (χ1v) is 11.8. The van der Waals surface area contributed by atoms with Gasteiger partial charge in [0.15, 0.2) is 0 Å². The van der Waals surface area contributed by atoms with Crippen LogP contribution in [0.2, 0.25) is 0 Å². The molecule has 1 amide bonds. The van der Waals surface area contributed by atoms with E-state index in [2.05, 4.69) is 34.3 Å². The highest BCUT2D eigenvalue weighted by Gasteiger charge is 2.27. The van der Waals surface area contributed by atoms with Gasteiger partial charge in [-0.3, -0.25) is 4.79 Å². The summed E-state index contributed by atoms with van der Waals surface area (Å²) in [4.78, 5) is 23.2. The van der Waals surface area contributed by atoms with Crippen LogP contribution in [0, 0.1) is 0 Å². The Morgan fingerprint density at radius 2 is 1.82 bits per heavy atom. The maximum atomic E-state index is 13.5. The van der Waals surface area contributed by atoms with Gasteiger partial charge < -0.3 is 9.88 Å². The molecule has 2 aromatic carbocycles. The number of nitrogens with one attached hydrogen (secondary N) is 1. The average molecular weight is 435 g/mol. The van der Waals surface area contributed by atoms with Crippen molar-refractivity contribution < 1.29 is 4.79 Å². The molecule has 1 aliphatic heterocycles. The molecule has 2 aliphatic rings. The van der Waals surface area contributed by atoms with Gasteiger partial charge in [-0.15, -0.1) is 0 Å². The molecule has 0 spiro atoms. The molecule has 5 heteroatoms. The van der Waals surface area contributed by atoms with Crippen molar-refractivity contribution in [1.29, 1.82) is 0 Å². The van der Waals surface area contributed by atoms with Crippen molar-refractivity contribution in [2.75, 3.05) is 0 Å². The highest BCUT2D eigenvalue weighted by atomic mass is 16.1. The van der Waals surface area contributed by atoms with E-state index < -0.39 is 0 Å². The lowest BCUT2D eigenvalue weighted by Gasteiger charge is -2.12. The summed E-state index contributed by atoms with van der Waals surface area (Å²) in [6.07, 6.45) is 9.41. The van der Waals surface area contributed by atoms with Gasteiger partial charge in [0.2, 0.25) is 0 Å². The van der Waals surface area contributed by atoms with Gasteiger partial charge in [-0.05, 0) is 54.5 Å². The fourth-order valence-corrected chi connectivity index (χ4v) is 5.10. The highest BCUT2D eigenvalue weighted by Crippen LogP contribution is 2.37. The zero-order chi connectivity index (χ0) is 22.2. The van der Waals surface area contributed by atoms with E-state index >= 15 is 0 Å². The lowest BCUT2D eigenvalue weighted by atomic mass is 10.00. The van der Waals surface area contributed by atoms with Gasteiger partial charge >= 0.3 is 0 Å². The number of rotatable bonds is 4. The standard InChI is InChI=1S/C28H26N4O/c33-28(29-17-21-18-32-15-7-6-12-25(32)30-21)26-22-10-4-5-11-24(22)31-27-20(13-14-23(26)27)16-19-8-2-1-3-9-19/h1-5,8-11,16,18H,6-7,12-15,17H2,(H,29,33)/b20-16-. The second-order valence-electron chi connectivity index (χ2n) is 8.89. The van der Waals surface area contributed by atoms with Crippen molar-refractivity contribution >= 4 is 28.5 Å². The van der Waals surface area contributed by atoms with Gasteiger partial charge in [0.1, 0.15) is 5.82 Å². The Morgan fingerprint density at radius 3 is 2.70 bits per heavy atom. The predicted octanol–water partition coefficient (Wildman–Crippen LogP) is 5.18. The predicted molar refractivity (Wildman–Crippen MR) is 131 cm³/mol. The number of hydrogen-bond donors (Lipinski definition) is 1. The molecule has 0 radical (unpaired) electrons. The van der Waals surface area contributed by atoms with Crippen molar-refractivity contribution in [2.24, 2.45) is 0 Å². The number of benzene rings is 2. The maximum Gasteiger partial charge on any atom is 0.252 e. The minimum Gasteiger partial charge on any atom is -0.346 e. The van der Waals surface area contributed by atoms with Crippen LogP contribution in [0.1, 0.15) is 58.0 Å². The molecule has 6 rings (SSSR count). The molecule has 5 nitrogen and oxygen atoms in total.